The van der Waals surface area contributed by atoms with Crippen molar-refractivity contribution in [2.75, 3.05) is 0 Å². The average molecular weight is 376 g/mol. The highest BCUT2D eigenvalue weighted by Gasteiger charge is 2.11. The number of carbonyl (C=O) groups is 1. The molecule has 26 heavy (non-hydrogen) atoms. The number of benzene rings is 1. The molecule has 0 saturated carbocycles. The zero-order valence-corrected chi connectivity index (χ0v) is 16.3. The predicted octanol–water partition coefficient (Wildman–Crippen LogP) is 3.89. The topological polar surface area (TPSA) is 64.0 Å². The number of rotatable bonds is 8. The van der Waals surface area contributed by atoms with Gasteiger partial charge in [-0.15, -0.1) is 0 Å². The second-order valence-electron chi connectivity index (χ2n) is 7.01. The standard InChI is InChI=1S/C20H26ClN3O2/c1-14(2)5-4-6-15(3)22-19(25)13-24-20(26)12-11-18(23-24)16-7-9-17(21)10-8-16/h7-12,14-15H,4-6,13H2,1-3H3,(H,22,25). The summed E-state index contributed by atoms with van der Waals surface area (Å²) in [6, 6.07) is 10.3. The Hall–Kier alpha value is -2.14. The fraction of sp³-hybridized carbons (Fsp3) is 0.450. The zero-order valence-electron chi connectivity index (χ0n) is 15.5. The average Bonchev–Trinajstić information content (AvgIpc) is 2.57. The smallest absolute Gasteiger partial charge is 0.267 e. The van der Waals surface area contributed by atoms with E-state index in [-0.39, 0.29) is 24.1 Å². The van der Waals surface area contributed by atoms with E-state index in [9.17, 15) is 9.59 Å². The molecule has 1 N–H and O–H groups in total. The lowest BCUT2D eigenvalue weighted by Crippen LogP contribution is -2.38. The minimum atomic E-state index is -0.301. The molecular formula is C20H26ClN3O2. The highest BCUT2D eigenvalue weighted by molar-refractivity contribution is 6.30. The molecule has 0 saturated heterocycles. The van der Waals surface area contributed by atoms with E-state index in [0.29, 0.717) is 16.6 Å². The molecule has 0 spiro atoms. The lowest BCUT2D eigenvalue weighted by molar-refractivity contribution is -0.122. The summed E-state index contributed by atoms with van der Waals surface area (Å²) >= 11 is 5.90. The van der Waals surface area contributed by atoms with E-state index >= 15 is 0 Å². The number of nitrogens with zero attached hydrogens (tertiary/aromatic N) is 2. The van der Waals surface area contributed by atoms with E-state index in [1.807, 2.05) is 19.1 Å². The molecular weight excluding hydrogens is 350 g/mol. The maximum absolute atomic E-state index is 12.2. The van der Waals surface area contributed by atoms with Gasteiger partial charge in [-0.05, 0) is 37.5 Å². The highest BCUT2D eigenvalue weighted by atomic mass is 35.5. The van der Waals surface area contributed by atoms with E-state index in [4.69, 9.17) is 11.6 Å². The second-order valence-corrected chi connectivity index (χ2v) is 7.45. The normalized spacial score (nSPS) is 12.2. The summed E-state index contributed by atoms with van der Waals surface area (Å²) in [5, 5.41) is 7.88. The van der Waals surface area contributed by atoms with Crippen LogP contribution >= 0.6 is 11.6 Å². The third-order valence-electron chi connectivity index (χ3n) is 4.13. The monoisotopic (exact) mass is 375 g/mol. The first-order valence-electron chi connectivity index (χ1n) is 8.98. The molecule has 1 aromatic heterocycles. The van der Waals surface area contributed by atoms with E-state index in [2.05, 4.69) is 24.3 Å². The van der Waals surface area contributed by atoms with E-state index in [0.717, 1.165) is 24.8 Å². The molecule has 1 unspecified atom stereocenters. The maximum Gasteiger partial charge on any atom is 0.267 e. The van der Waals surface area contributed by atoms with Crippen molar-refractivity contribution in [3.05, 3.63) is 51.8 Å². The number of amides is 1. The number of halogens is 1. The molecule has 0 fully saturated rings. The molecule has 140 valence electrons. The molecule has 0 aliphatic heterocycles. The molecule has 1 aromatic carbocycles. The summed E-state index contributed by atoms with van der Waals surface area (Å²) in [5.41, 5.74) is 1.16. The molecule has 0 bridgehead atoms. The summed E-state index contributed by atoms with van der Waals surface area (Å²) < 4.78 is 1.19. The van der Waals surface area contributed by atoms with Crippen LogP contribution < -0.4 is 10.9 Å². The number of carbonyl (C=O) groups excluding carboxylic acids is 1. The Balaban J connectivity index is 2.00. The Labute approximate surface area is 159 Å². The summed E-state index contributed by atoms with van der Waals surface area (Å²) in [6.45, 7) is 6.28. The molecule has 1 amide bonds. The third-order valence-corrected chi connectivity index (χ3v) is 4.38. The van der Waals surface area contributed by atoms with Crippen LogP contribution in [0.15, 0.2) is 41.2 Å². The van der Waals surface area contributed by atoms with Gasteiger partial charge in [0.25, 0.3) is 5.56 Å². The number of nitrogens with one attached hydrogen (secondary N) is 1. The Morgan fingerprint density at radius 2 is 1.81 bits per heavy atom. The van der Waals surface area contributed by atoms with Crippen LogP contribution in [-0.2, 0) is 11.3 Å². The van der Waals surface area contributed by atoms with Crippen LogP contribution in [0, 0.1) is 5.92 Å². The maximum atomic E-state index is 12.2. The van der Waals surface area contributed by atoms with Gasteiger partial charge in [-0.1, -0.05) is 50.4 Å². The van der Waals surface area contributed by atoms with Gasteiger partial charge in [0.05, 0.1) is 5.69 Å². The molecule has 2 rings (SSSR count). The Bertz CT molecular complexity index is 784. The van der Waals surface area contributed by atoms with Crippen LogP contribution in [-0.4, -0.2) is 21.7 Å². The predicted molar refractivity (Wildman–Crippen MR) is 105 cm³/mol. The zero-order chi connectivity index (χ0) is 19.1. The molecule has 6 heteroatoms. The number of hydrogen-bond acceptors (Lipinski definition) is 3. The first kappa shape index (κ1) is 20.2. The summed E-state index contributed by atoms with van der Waals surface area (Å²) in [6.07, 6.45) is 3.14. The molecule has 5 nitrogen and oxygen atoms in total. The highest BCUT2D eigenvalue weighted by Crippen LogP contribution is 2.18. The van der Waals surface area contributed by atoms with Gasteiger partial charge >= 0.3 is 0 Å². The van der Waals surface area contributed by atoms with Gasteiger partial charge in [-0.2, -0.15) is 5.10 Å². The van der Waals surface area contributed by atoms with Crippen molar-refractivity contribution in [1.29, 1.82) is 0 Å². The van der Waals surface area contributed by atoms with Gasteiger partial charge in [0, 0.05) is 22.7 Å². The van der Waals surface area contributed by atoms with Gasteiger partial charge in [-0.3, -0.25) is 9.59 Å². The van der Waals surface area contributed by atoms with Gasteiger partial charge in [0.2, 0.25) is 5.91 Å². The molecule has 0 aliphatic rings. The third kappa shape index (κ3) is 6.30. The van der Waals surface area contributed by atoms with Gasteiger partial charge in [-0.25, -0.2) is 4.68 Å². The SMILES string of the molecule is CC(C)CCCC(C)NC(=O)Cn1nc(-c2ccc(Cl)cc2)ccc1=O. The van der Waals surface area contributed by atoms with Gasteiger partial charge in [0.15, 0.2) is 0 Å². The van der Waals surface area contributed by atoms with Crippen LogP contribution in [0.3, 0.4) is 0 Å². The van der Waals surface area contributed by atoms with Crippen molar-refractivity contribution >= 4 is 17.5 Å². The van der Waals surface area contributed by atoms with Crippen LogP contribution in [0.4, 0.5) is 0 Å². The van der Waals surface area contributed by atoms with Crippen LogP contribution in [0.1, 0.15) is 40.0 Å². The van der Waals surface area contributed by atoms with E-state index in [1.165, 1.54) is 10.7 Å². The summed E-state index contributed by atoms with van der Waals surface area (Å²) in [5.74, 6) is 0.459. The second kappa shape index (κ2) is 9.53. The largest absolute Gasteiger partial charge is 0.352 e. The number of hydrogen-bond donors (Lipinski definition) is 1. The Morgan fingerprint density at radius 3 is 2.46 bits per heavy atom. The molecule has 1 atom stereocenters. The van der Waals surface area contributed by atoms with Gasteiger partial charge in [0.1, 0.15) is 6.54 Å². The first-order valence-corrected chi connectivity index (χ1v) is 9.36. The lowest BCUT2D eigenvalue weighted by atomic mass is 10.0. The minimum absolute atomic E-state index is 0.0800. The van der Waals surface area contributed by atoms with Crippen molar-refractivity contribution in [1.82, 2.24) is 15.1 Å². The van der Waals surface area contributed by atoms with E-state index in [1.54, 1.807) is 18.2 Å². The van der Waals surface area contributed by atoms with Crippen LogP contribution in [0.5, 0.6) is 0 Å². The fourth-order valence-corrected chi connectivity index (χ4v) is 2.82. The molecule has 0 radical (unpaired) electrons. The van der Waals surface area contributed by atoms with Crippen molar-refractivity contribution in [2.24, 2.45) is 5.92 Å². The summed E-state index contributed by atoms with van der Waals surface area (Å²) in [4.78, 5) is 24.3. The van der Waals surface area contributed by atoms with Crippen molar-refractivity contribution in [3.8, 4) is 11.3 Å². The first-order chi connectivity index (χ1) is 12.3. The number of aromatic nitrogens is 2. The van der Waals surface area contributed by atoms with Gasteiger partial charge < -0.3 is 5.32 Å². The van der Waals surface area contributed by atoms with Crippen molar-refractivity contribution in [3.63, 3.8) is 0 Å². The fourth-order valence-electron chi connectivity index (χ4n) is 2.70. The Morgan fingerprint density at radius 1 is 1.12 bits per heavy atom. The van der Waals surface area contributed by atoms with Crippen LogP contribution in [0.2, 0.25) is 5.02 Å². The quantitative estimate of drug-likeness (QED) is 0.761. The summed E-state index contributed by atoms with van der Waals surface area (Å²) in [7, 11) is 0. The van der Waals surface area contributed by atoms with Crippen molar-refractivity contribution in [2.45, 2.75) is 52.6 Å². The molecule has 1 heterocycles. The van der Waals surface area contributed by atoms with Crippen molar-refractivity contribution < 1.29 is 4.79 Å². The minimum Gasteiger partial charge on any atom is -0.352 e. The molecule has 2 aromatic rings. The Kier molecular flexibility index (Phi) is 7.39. The van der Waals surface area contributed by atoms with Crippen LogP contribution in [0.25, 0.3) is 11.3 Å². The lowest BCUT2D eigenvalue weighted by Gasteiger charge is -2.15. The van der Waals surface area contributed by atoms with E-state index < -0.39 is 0 Å². The molecule has 0 aliphatic carbocycles.